The first-order valence-corrected chi connectivity index (χ1v) is 7.14. The Labute approximate surface area is 113 Å². The molecule has 0 N–H and O–H groups in total. The van der Waals surface area contributed by atoms with Gasteiger partial charge in [-0.1, -0.05) is 6.07 Å². The van der Waals surface area contributed by atoms with Crippen LogP contribution in [0.5, 0.6) is 0 Å². The molecule has 3 heterocycles. The average molecular weight is 256 g/mol. The largest absolute Gasteiger partial charge is 0.461 e. The standard InChI is InChI=1S/C16H20N2O/c1-17-7-5-12-11(9-17)3-4-15-16(12)13-10-18(2)8-6-14(13)19-15/h3-4H,5-10H2,1-2H3. The van der Waals surface area contributed by atoms with Crippen LogP contribution in [0.2, 0.25) is 0 Å². The van der Waals surface area contributed by atoms with Gasteiger partial charge in [0.05, 0.1) is 0 Å². The predicted molar refractivity (Wildman–Crippen MR) is 76.3 cm³/mol. The Morgan fingerprint density at radius 1 is 0.947 bits per heavy atom. The van der Waals surface area contributed by atoms with Crippen LogP contribution in [0, 0.1) is 0 Å². The topological polar surface area (TPSA) is 19.6 Å². The smallest absolute Gasteiger partial charge is 0.134 e. The molecule has 1 aromatic heterocycles. The van der Waals surface area contributed by atoms with E-state index in [0.717, 1.165) is 44.6 Å². The number of hydrogen-bond acceptors (Lipinski definition) is 3. The monoisotopic (exact) mass is 256 g/mol. The minimum atomic E-state index is 1.04. The molecule has 0 saturated carbocycles. The van der Waals surface area contributed by atoms with Crippen LogP contribution in [0.3, 0.4) is 0 Å². The van der Waals surface area contributed by atoms with Gasteiger partial charge in [-0.2, -0.15) is 0 Å². The van der Waals surface area contributed by atoms with Gasteiger partial charge in [-0.3, -0.25) is 0 Å². The molecule has 0 saturated heterocycles. The van der Waals surface area contributed by atoms with Crippen LogP contribution in [0.4, 0.5) is 0 Å². The molecule has 19 heavy (non-hydrogen) atoms. The second-order valence-electron chi connectivity index (χ2n) is 6.06. The summed E-state index contributed by atoms with van der Waals surface area (Å²) in [5, 5.41) is 1.42. The molecule has 3 nitrogen and oxygen atoms in total. The van der Waals surface area contributed by atoms with Gasteiger partial charge in [-0.05, 0) is 37.7 Å². The Hall–Kier alpha value is -1.32. The highest BCUT2D eigenvalue weighted by molar-refractivity contribution is 5.87. The number of benzene rings is 1. The lowest BCUT2D eigenvalue weighted by atomic mass is 9.93. The van der Waals surface area contributed by atoms with Crippen LogP contribution < -0.4 is 0 Å². The maximum absolute atomic E-state index is 6.09. The zero-order valence-electron chi connectivity index (χ0n) is 11.7. The number of likely N-dealkylation sites (N-methyl/N-ethyl adjacent to an activating group) is 2. The summed E-state index contributed by atoms with van der Waals surface area (Å²) in [7, 11) is 4.40. The summed E-state index contributed by atoms with van der Waals surface area (Å²) in [5.41, 5.74) is 5.57. The van der Waals surface area contributed by atoms with E-state index in [1.165, 1.54) is 27.8 Å². The van der Waals surface area contributed by atoms with E-state index in [9.17, 15) is 0 Å². The van der Waals surface area contributed by atoms with Crippen molar-refractivity contribution < 1.29 is 4.42 Å². The molecule has 3 heteroatoms. The molecule has 4 rings (SSSR count). The van der Waals surface area contributed by atoms with Crippen molar-refractivity contribution in [1.82, 2.24) is 9.80 Å². The van der Waals surface area contributed by atoms with Gasteiger partial charge in [0.15, 0.2) is 0 Å². The molecule has 2 aliphatic rings. The van der Waals surface area contributed by atoms with E-state index in [2.05, 4.69) is 36.0 Å². The molecule has 100 valence electrons. The molecule has 1 aromatic carbocycles. The summed E-state index contributed by atoms with van der Waals surface area (Å²) in [6, 6.07) is 4.43. The minimum Gasteiger partial charge on any atom is -0.461 e. The van der Waals surface area contributed by atoms with Crippen LogP contribution in [0.25, 0.3) is 11.0 Å². The highest BCUT2D eigenvalue weighted by atomic mass is 16.3. The van der Waals surface area contributed by atoms with E-state index in [1.807, 2.05) is 0 Å². The van der Waals surface area contributed by atoms with Crippen molar-refractivity contribution in [2.45, 2.75) is 25.9 Å². The van der Waals surface area contributed by atoms with Crippen molar-refractivity contribution in [2.75, 3.05) is 27.2 Å². The Bertz CT molecular complexity index is 644. The predicted octanol–water partition coefficient (Wildman–Crippen LogP) is 2.41. The van der Waals surface area contributed by atoms with Gasteiger partial charge in [0.1, 0.15) is 11.3 Å². The van der Waals surface area contributed by atoms with Gasteiger partial charge in [0, 0.05) is 43.5 Å². The maximum atomic E-state index is 6.09. The Morgan fingerprint density at radius 3 is 2.63 bits per heavy atom. The molecule has 0 aliphatic carbocycles. The fraction of sp³-hybridized carbons (Fsp3) is 0.500. The van der Waals surface area contributed by atoms with Crippen molar-refractivity contribution >= 4 is 11.0 Å². The first-order chi connectivity index (χ1) is 9.22. The van der Waals surface area contributed by atoms with E-state index >= 15 is 0 Å². The van der Waals surface area contributed by atoms with Crippen LogP contribution in [-0.2, 0) is 25.9 Å². The molecule has 0 spiro atoms. The Morgan fingerprint density at radius 2 is 1.74 bits per heavy atom. The molecule has 0 bridgehead atoms. The fourth-order valence-corrected chi connectivity index (χ4v) is 3.54. The second-order valence-corrected chi connectivity index (χ2v) is 6.06. The van der Waals surface area contributed by atoms with E-state index < -0.39 is 0 Å². The number of nitrogens with zero attached hydrogens (tertiary/aromatic N) is 2. The van der Waals surface area contributed by atoms with Crippen LogP contribution in [0.1, 0.15) is 22.5 Å². The lowest BCUT2D eigenvalue weighted by Crippen LogP contribution is -2.28. The van der Waals surface area contributed by atoms with Gasteiger partial charge in [-0.15, -0.1) is 0 Å². The molecule has 0 fully saturated rings. The lowest BCUT2D eigenvalue weighted by Gasteiger charge is -2.26. The number of hydrogen-bond donors (Lipinski definition) is 0. The van der Waals surface area contributed by atoms with Gasteiger partial charge in [0.2, 0.25) is 0 Å². The third-order valence-electron chi connectivity index (χ3n) is 4.58. The van der Waals surface area contributed by atoms with Crippen molar-refractivity contribution in [1.29, 1.82) is 0 Å². The normalized spacial score (nSPS) is 20.5. The molecule has 2 aromatic rings. The quantitative estimate of drug-likeness (QED) is 0.721. The third kappa shape index (κ3) is 1.72. The number of fused-ring (bicyclic) bond motifs is 5. The summed E-state index contributed by atoms with van der Waals surface area (Å²) in [6.45, 7) is 4.37. The summed E-state index contributed by atoms with van der Waals surface area (Å²) in [4.78, 5) is 4.79. The van der Waals surface area contributed by atoms with Gasteiger partial charge in [0.25, 0.3) is 0 Å². The zero-order chi connectivity index (χ0) is 13.0. The second kappa shape index (κ2) is 4.09. The minimum absolute atomic E-state index is 1.04. The zero-order valence-corrected chi connectivity index (χ0v) is 11.7. The van der Waals surface area contributed by atoms with Gasteiger partial charge in [-0.25, -0.2) is 0 Å². The maximum Gasteiger partial charge on any atom is 0.134 e. The van der Waals surface area contributed by atoms with Crippen molar-refractivity contribution in [3.8, 4) is 0 Å². The SMILES string of the molecule is CN1CCc2c(ccc3oc4c(c23)CN(C)CC4)C1. The lowest BCUT2D eigenvalue weighted by molar-refractivity contribution is 0.296. The van der Waals surface area contributed by atoms with Crippen LogP contribution in [0.15, 0.2) is 16.5 Å². The molecule has 0 radical (unpaired) electrons. The van der Waals surface area contributed by atoms with Gasteiger partial charge >= 0.3 is 0 Å². The number of furan rings is 1. The summed E-state index contributed by atoms with van der Waals surface area (Å²) >= 11 is 0. The summed E-state index contributed by atoms with van der Waals surface area (Å²) in [5.74, 6) is 1.22. The van der Waals surface area contributed by atoms with Crippen molar-refractivity contribution in [2.24, 2.45) is 0 Å². The molecular weight excluding hydrogens is 236 g/mol. The van der Waals surface area contributed by atoms with Crippen molar-refractivity contribution in [3.05, 3.63) is 34.6 Å². The highest BCUT2D eigenvalue weighted by Gasteiger charge is 2.25. The van der Waals surface area contributed by atoms with E-state index in [1.54, 1.807) is 0 Å². The van der Waals surface area contributed by atoms with Crippen LogP contribution >= 0.6 is 0 Å². The third-order valence-corrected chi connectivity index (χ3v) is 4.58. The summed E-state index contributed by atoms with van der Waals surface area (Å²) in [6.07, 6.45) is 2.20. The molecule has 0 unspecified atom stereocenters. The molecule has 0 amide bonds. The Balaban J connectivity index is 1.95. The fourth-order valence-electron chi connectivity index (χ4n) is 3.54. The first kappa shape index (κ1) is 11.5. The van der Waals surface area contributed by atoms with Crippen molar-refractivity contribution in [3.63, 3.8) is 0 Å². The summed E-state index contributed by atoms with van der Waals surface area (Å²) < 4.78 is 6.09. The Kier molecular flexibility index (Phi) is 2.47. The molecule has 0 atom stereocenters. The van der Waals surface area contributed by atoms with E-state index in [-0.39, 0.29) is 0 Å². The van der Waals surface area contributed by atoms with E-state index in [0.29, 0.717) is 0 Å². The van der Waals surface area contributed by atoms with Crippen LogP contribution in [-0.4, -0.2) is 37.0 Å². The first-order valence-electron chi connectivity index (χ1n) is 7.14. The average Bonchev–Trinajstić information content (AvgIpc) is 2.76. The van der Waals surface area contributed by atoms with Gasteiger partial charge < -0.3 is 14.2 Å². The molecular formula is C16H20N2O. The molecule has 2 aliphatic heterocycles. The number of rotatable bonds is 0. The van der Waals surface area contributed by atoms with E-state index in [4.69, 9.17) is 4.42 Å². The highest BCUT2D eigenvalue weighted by Crippen LogP contribution is 2.35.